The van der Waals surface area contributed by atoms with E-state index in [1.165, 1.54) is 22.3 Å². The molecule has 128 valence electrons. The predicted molar refractivity (Wildman–Crippen MR) is 91.0 cm³/mol. The standard InChI is InChI=1S/2C10H15.2ClH.Zr/c2*1-4-9-5-6-10(7-9)8(2)3;;;/h2*5-8H,4H2,1-3H3;2*1H;/q2*-1;;;+4/p-2. The third-order valence-electron chi connectivity index (χ3n) is 3.83. The summed E-state index contributed by atoms with van der Waals surface area (Å²) < 4.78 is 0. The smallest absolute Gasteiger partial charge is 1.00 e. The Morgan fingerprint density at radius 2 is 1.04 bits per heavy atom. The summed E-state index contributed by atoms with van der Waals surface area (Å²) >= 11 is 0. The zero-order valence-electron chi connectivity index (χ0n) is 15.3. The van der Waals surface area contributed by atoms with Crippen LogP contribution >= 0.6 is 0 Å². The molecule has 0 N–H and O–H groups in total. The van der Waals surface area contributed by atoms with Gasteiger partial charge in [0.15, 0.2) is 0 Å². The van der Waals surface area contributed by atoms with Crippen molar-refractivity contribution in [3.63, 3.8) is 0 Å². The average Bonchev–Trinajstić information content (AvgIpc) is 3.08. The molecular weight excluding hydrogens is 402 g/mol. The van der Waals surface area contributed by atoms with Gasteiger partial charge in [-0.3, -0.25) is 0 Å². The first-order valence-corrected chi connectivity index (χ1v) is 7.98. The molecule has 0 fully saturated rings. The topological polar surface area (TPSA) is 0 Å². The Kier molecular flexibility index (Phi) is 17.6. The molecule has 0 aromatic heterocycles. The summed E-state index contributed by atoms with van der Waals surface area (Å²) in [5, 5.41) is 0. The van der Waals surface area contributed by atoms with Crippen LogP contribution in [0.5, 0.6) is 0 Å². The largest absolute Gasteiger partial charge is 4.00 e. The van der Waals surface area contributed by atoms with Gasteiger partial charge in [0.25, 0.3) is 0 Å². The van der Waals surface area contributed by atoms with Crippen LogP contribution in [0, 0.1) is 0 Å². The van der Waals surface area contributed by atoms with Crippen LogP contribution in [-0.2, 0) is 39.0 Å². The third kappa shape index (κ3) is 9.90. The van der Waals surface area contributed by atoms with Gasteiger partial charge in [-0.1, -0.05) is 66.2 Å². The van der Waals surface area contributed by atoms with Gasteiger partial charge in [0.05, 0.1) is 0 Å². The van der Waals surface area contributed by atoms with E-state index in [9.17, 15) is 0 Å². The summed E-state index contributed by atoms with van der Waals surface area (Å²) in [4.78, 5) is 0. The minimum Gasteiger partial charge on any atom is -1.00 e. The van der Waals surface area contributed by atoms with Crippen LogP contribution in [0.1, 0.15) is 75.6 Å². The molecule has 0 bridgehead atoms. The van der Waals surface area contributed by atoms with E-state index < -0.39 is 0 Å². The second-order valence-corrected chi connectivity index (χ2v) is 6.12. The van der Waals surface area contributed by atoms with E-state index in [0.29, 0.717) is 11.8 Å². The maximum atomic E-state index is 2.30. The van der Waals surface area contributed by atoms with Crippen molar-refractivity contribution in [1.82, 2.24) is 0 Å². The fourth-order valence-corrected chi connectivity index (χ4v) is 2.19. The first-order chi connectivity index (χ1) is 9.47. The minimum absolute atomic E-state index is 0. The molecular formula is C20H30Cl2Zr. The molecule has 0 unspecified atom stereocenters. The van der Waals surface area contributed by atoms with Gasteiger partial charge in [-0.15, -0.1) is 0 Å². The summed E-state index contributed by atoms with van der Waals surface area (Å²) in [6, 6.07) is 13.5. The van der Waals surface area contributed by atoms with Crippen molar-refractivity contribution in [2.45, 2.75) is 66.2 Å². The summed E-state index contributed by atoms with van der Waals surface area (Å²) in [5.41, 5.74) is 5.86. The number of rotatable bonds is 4. The van der Waals surface area contributed by atoms with Gasteiger partial charge in [-0.05, 0) is 0 Å². The number of halogens is 2. The maximum absolute atomic E-state index is 2.30. The molecule has 0 nitrogen and oxygen atoms in total. The normalized spacial score (nSPS) is 9.39. The molecule has 0 saturated carbocycles. The predicted octanol–water partition coefficient (Wildman–Crippen LogP) is 0.188. The molecule has 0 aliphatic heterocycles. The Morgan fingerprint density at radius 1 is 0.739 bits per heavy atom. The van der Waals surface area contributed by atoms with Crippen LogP contribution in [0.2, 0.25) is 0 Å². The Morgan fingerprint density at radius 3 is 1.17 bits per heavy atom. The minimum atomic E-state index is 0. The van der Waals surface area contributed by atoms with Gasteiger partial charge >= 0.3 is 26.2 Å². The van der Waals surface area contributed by atoms with Crippen LogP contribution in [0.3, 0.4) is 0 Å². The second kappa shape index (κ2) is 14.5. The molecule has 0 amide bonds. The number of hydrogen-bond donors (Lipinski definition) is 0. The maximum Gasteiger partial charge on any atom is 4.00 e. The molecule has 23 heavy (non-hydrogen) atoms. The number of aryl methyl sites for hydroxylation is 2. The molecule has 0 aliphatic carbocycles. The van der Waals surface area contributed by atoms with Crippen molar-refractivity contribution in [3.8, 4) is 0 Å². The fraction of sp³-hybridized carbons (Fsp3) is 0.500. The van der Waals surface area contributed by atoms with E-state index in [2.05, 4.69) is 77.9 Å². The van der Waals surface area contributed by atoms with Gasteiger partial charge in [0, 0.05) is 0 Å². The van der Waals surface area contributed by atoms with Crippen molar-refractivity contribution in [2.75, 3.05) is 0 Å². The molecule has 2 rings (SSSR count). The molecule has 0 heterocycles. The van der Waals surface area contributed by atoms with Crippen molar-refractivity contribution < 1.29 is 51.0 Å². The van der Waals surface area contributed by atoms with Crippen LogP contribution in [0.25, 0.3) is 0 Å². The zero-order valence-corrected chi connectivity index (χ0v) is 19.3. The van der Waals surface area contributed by atoms with E-state index in [1.807, 2.05) is 0 Å². The average molecular weight is 433 g/mol. The van der Waals surface area contributed by atoms with E-state index in [4.69, 9.17) is 0 Å². The van der Waals surface area contributed by atoms with Gasteiger partial charge in [-0.25, -0.2) is 12.1 Å². The third-order valence-corrected chi connectivity index (χ3v) is 3.83. The first kappa shape index (κ1) is 28.0. The summed E-state index contributed by atoms with van der Waals surface area (Å²) in [7, 11) is 0. The SMILES string of the molecule is CC[c-]1ccc(C(C)C)c1.CC[c-]1ccc(C(C)C)c1.[Cl-].[Cl-].[Zr+4]. The quantitative estimate of drug-likeness (QED) is 0.605. The van der Waals surface area contributed by atoms with Gasteiger partial charge in [0.1, 0.15) is 0 Å². The summed E-state index contributed by atoms with van der Waals surface area (Å²) in [6.07, 6.45) is 2.32. The molecule has 3 heteroatoms. The van der Waals surface area contributed by atoms with Gasteiger partial charge in [0.2, 0.25) is 0 Å². The molecule has 2 aromatic carbocycles. The Hall–Kier alpha value is 0.163. The van der Waals surface area contributed by atoms with Gasteiger partial charge < -0.3 is 24.8 Å². The van der Waals surface area contributed by atoms with Crippen molar-refractivity contribution >= 4 is 0 Å². The number of hydrogen-bond acceptors (Lipinski definition) is 0. The zero-order chi connectivity index (χ0) is 15.1. The Balaban J connectivity index is -0.000000308. The monoisotopic (exact) mass is 430 g/mol. The van der Waals surface area contributed by atoms with E-state index >= 15 is 0 Å². The van der Waals surface area contributed by atoms with Crippen LogP contribution in [0.15, 0.2) is 36.4 Å². The summed E-state index contributed by atoms with van der Waals surface area (Å²) in [6.45, 7) is 13.3. The molecule has 0 aliphatic rings. The molecule has 0 radical (unpaired) electrons. The van der Waals surface area contributed by atoms with Crippen molar-refractivity contribution in [2.24, 2.45) is 0 Å². The second-order valence-electron chi connectivity index (χ2n) is 6.12. The van der Waals surface area contributed by atoms with E-state index in [0.717, 1.165) is 12.8 Å². The van der Waals surface area contributed by atoms with Crippen LogP contribution in [0.4, 0.5) is 0 Å². The van der Waals surface area contributed by atoms with Crippen molar-refractivity contribution in [3.05, 3.63) is 58.7 Å². The van der Waals surface area contributed by atoms with Crippen LogP contribution in [-0.4, -0.2) is 0 Å². The van der Waals surface area contributed by atoms with E-state index in [-0.39, 0.29) is 51.0 Å². The van der Waals surface area contributed by atoms with Crippen LogP contribution < -0.4 is 24.8 Å². The Labute approximate surface area is 175 Å². The van der Waals surface area contributed by atoms with Gasteiger partial charge in [-0.2, -0.15) is 46.5 Å². The Bertz CT molecular complexity index is 449. The summed E-state index contributed by atoms with van der Waals surface area (Å²) in [5.74, 6) is 1.36. The van der Waals surface area contributed by atoms with Crippen molar-refractivity contribution in [1.29, 1.82) is 0 Å². The molecule has 2 aromatic rings. The molecule has 0 saturated heterocycles. The fourth-order valence-electron chi connectivity index (χ4n) is 2.19. The molecule has 0 atom stereocenters. The van der Waals surface area contributed by atoms with E-state index in [1.54, 1.807) is 0 Å². The first-order valence-electron chi connectivity index (χ1n) is 7.98. The molecule has 0 spiro atoms.